The molecular weight excluding hydrogens is 322 g/mol. The zero-order valence-electron chi connectivity index (χ0n) is 13.6. The number of hydrogen-bond donors (Lipinski definition) is 0. The lowest BCUT2D eigenvalue weighted by atomic mass is 10.1. The first-order valence-corrected chi connectivity index (χ1v) is 7.48. The van der Waals surface area contributed by atoms with Crippen molar-refractivity contribution in [3.8, 4) is 24.3 Å². The van der Waals surface area contributed by atoms with Crippen LogP contribution in [0.25, 0.3) is 22.0 Å². The van der Waals surface area contributed by atoms with Gasteiger partial charge < -0.3 is 0 Å². The first kappa shape index (κ1) is 17.9. The maximum absolute atomic E-state index is 8.63. The van der Waals surface area contributed by atoms with Gasteiger partial charge in [0.2, 0.25) is 0 Å². The molecule has 120 valence electrons. The second-order valence-corrected chi connectivity index (χ2v) is 4.97. The fraction of sp³-hybridized carbons (Fsp3) is 0. The van der Waals surface area contributed by atoms with Gasteiger partial charge in [-0.05, 0) is 12.1 Å². The highest BCUT2D eigenvalue weighted by atomic mass is 14.6. The van der Waals surface area contributed by atoms with Gasteiger partial charge in [0.15, 0.2) is 0 Å². The second-order valence-electron chi connectivity index (χ2n) is 4.97. The van der Waals surface area contributed by atoms with Crippen molar-refractivity contribution < 1.29 is 0 Å². The highest BCUT2D eigenvalue weighted by molar-refractivity contribution is 5.77. The Morgan fingerprint density at radius 3 is 1.54 bits per heavy atom. The standard InChI is InChI=1S/C12H4N4.C9H7N/c13-5-11(6-14)9-1-2-10(4-3-9)12(7-15)8-16;1-2-6-9-8(4-1)5-3-7-10-9/h1-4H;1-7H. The summed E-state index contributed by atoms with van der Waals surface area (Å²) >= 11 is 0. The Hall–Kier alpha value is -4.45. The summed E-state index contributed by atoms with van der Waals surface area (Å²) < 4.78 is 0. The van der Waals surface area contributed by atoms with Gasteiger partial charge in [-0.2, -0.15) is 21.0 Å². The number of pyridine rings is 1. The molecule has 0 radical (unpaired) electrons. The molecule has 3 rings (SSSR count). The van der Waals surface area contributed by atoms with Crippen LogP contribution < -0.4 is 10.4 Å². The lowest BCUT2D eigenvalue weighted by Crippen LogP contribution is -2.11. The number of nitriles is 4. The molecule has 1 aromatic heterocycles. The van der Waals surface area contributed by atoms with Crippen LogP contribution in [0.3, 0.4) is 0 Å². The SMILES string of the molecule is N#CC(C#N)=c1ccc(=C(C#N)C#N)cc1.c1ccc2ncccc2c1. The van der Waals surface area contributed by atoms with Crippen LogP contribution in [0.2, 0.25) is 0 Å². The van der Waals surface area contributed by atoms with Crippen LogP contribution in [0.1, 0.15) is 0 Å². The van der Waals surface area contributed by atoms with Crippen LogP contribution in [-0.4, -0.2) is 4.98 Å². The molecule has 0 amide bonds. The number of rotatable bonds is 0. The quantitative estimate of drug-likeness (QED) is 0.627. The molecule has 0 saturated carbocycles. The maximum atomic E-state index is 8.63. The van der Waals surface area contributed by atoms with Gasteiger partial charge in [-0.3, -0.25) is 4.98 Å². The number of para-hydroxylation sites is 1. The zero-order chi connectivity index (χ0) is 18.8. The average Bonchev–Trinajstić information content (AvgIpc) is 2.71. The van der Waals surface area contributed by atoms with E-state index >= 15 is 0 Å². The van der Waals surface area contributed by atoms with Crippen LogP contribution >= 0.6 is 0 Å². The van der Waals surface area contributed by atoms with Crippen LogP contribution in [0.5, 0.6) is 0 Å². The van der Waals surface area contributed by atoms with E-state index in [9.17, 15) is 0 Å². The Kier molecular flexibility index (Phi) is 6.19. The van der Waals surface area contributed by atoms with Crippen molar-refractivity contribution in [1.82, 2.24) is 4.98 Å². The highest BCUT2D eigenvalue weighted by Crippen LogP contribution is 2.07. The monoisotopic (exact) mass is 333 g/mol. The molecule has 0 aliphatic carbocycles. The molecule has 0 N–H and O–H groups in total. The lowest BCUT2D eigenvalue weighted by Gasteiger charge is -1.91. The number of benzene rings is 2. The summed E-state index contributed by atoms with van der Waals surface area (Å²) in [6.45, 7) is 0. The van der Waals surface area contributed by atoms with E-state index in [0.29, 0.717) is 10.4 Å². The molecule has 0 fully saturated rings. The van der Waals surface area contributed by atoms with Crippen LogP contribution in [-0.2, 0) is 0 Å². The van der Waals surface area contributed by atoms with E-state index in [1.54, 1.807) is 24.3 Å². The van der Waals surface area contributed by atoms with Gasteiger partial charge in [-0.15, -0.1) is 0 Å². The predicted octanol–water partition coefficient (Wildman–Crippen LogP) is 2.32. The summed E-state index contributed by atoms with van der Waals surface area (Å²) in [4.78, 5) is 4.18. The molecular formula is C21H11N5. The van der Waals surface area contributed by atoms with E-state index in [4.69, 9.17) is 21.0 Å². The van der Waals surface area contributed by atoms with E-state index in [1.807, 2.05) is 30.5 Å². The fourth-order valence-corrected chi connectivity index (χ4v) is 2.13. The third-order valence-electron chi connectivity index (χ3n) is 3.42. The summed E-state index contributed by atoms with van der Waals surface area (Å²) in [5, 5.41) is 36.7. The summed E-state index contributed by atoms with van der Waals surface area (Å²) in [6.07, 6.45) is 1.81. The smallest absolute Gasteiger partial charge is 0.136 e. The Morgan fingerprint density at radius 1 is 0.615 bits per heavy atom. The third kappa shape index (κ3) is 4.30. The van der Waals surface area contributed by atoms with Crippen LogP contribution in [0, 0.1) is 45.3 Å². The van der Waals surface area contributed by atoms with Gasteiger partial charge in [-0.1, -0.05) is 48.5 Å². The van der Waals surface area contributed by atoms with Crippen molar-refractivity contribution in [2.75, 3.05) is 0 Å². The topological polar surface area (TPSA) is 108 Å². The third-order valence-corrected chi connectivity index (χ3v) is 3.42. The second kappa shape index (κ2) is 8.99. The first-order chi connectivity index (χ1) is 12.7. The molecule has 0 saturated heterocycles. The molecule has 0 bridgehead atoms. The highest BCUT2D eigenvalue weighted by Gasteiger charge is 1.96. The molecule has 1 heterocycles. The van der Waals surface area contributed by atoms with E-state index in [1.165, 1.54) is 29.7 Å². The van der Waals surface area contributed by atoms with E-state index in [2.05, 4.69) is 17.1 Å². The maximum Gasteiger partial charge on any atom is 0.136 e. The summed E-state index contributed by atoms with van der Waals surface area (Å²) in [7, 11) is 0. The molecule has 3 aromatic rings. The van der Waals surface area contributed by atoms with Crippen molar-refractivity contribution >= 4 is 22.0 Å². The van der Waals surface area contributed by atoms with Gasteiger partial charge in [0.1, 0.15) is 35.4 Å². The normalized spacial score (nSPS) is 8.62. The van der Waals surface area contributed by atoms with Crippen LogP contribution in [0.15, 0.2) is 66.9 Å². The van der Waals surface area contributed by atoms with E-state index < -0.39 is 0 Å². The molecule has 0 aliphatic heterocycles. The molecule has 0 aliphatic rings. The van der Waals surface area contributed by atoms with Crippen LogP contribution in [0.4, 0.5) is 0 Å². The summed E-state index contributed by atoms with van der Waals surface area (Å²) in [6, 6.07) is 25.3. The largest absolute Gasteiger partial charge is 0.256 e. The first-order valence-electron chi connectivity index (χ1n) is 7.48. The number of nitrogens with zero attached hydrogens (tertiary/aromatic N) is 5. The molecule has 2 aromatic carbocycles. The van der Waals surface area contributed by atoms with Gasteiger partial charge >= 0.3 is 0 Å². The number of hydrogen-bond acceptors (Lipinski definition) is 5. The van der Waals surface area contributed by atoms with Gasteiger partial charge in [0.05, 0.1) is 5.52 Å². The van der Waals surface area contributed by atoms with E-state index in [0.717, 1.165) is 5.52 Å². The minimum absolute atomic E-state index is 0.00187. The number of aromatic nitrogens is 1. The summed E-state index contributed by atoms with van der Waals surface area (Å²) in [5.74, 6) is 0. The average molecular weight is 333 g/mol. The van der Waals surface area contributed by atoms with Crippen molar-refractivity contribution in [2.24, 2.45) is 0 Å². The Balaban J connectivity index is 0.000000206. The molecule has 0 spiro atoms. The van der Waals surface area contributed by atoms with E-state index in [-0.39, 0.29) is 11.1 Å². The Bertz CT molecular complexity index is 1040. The summed E-state index contributed by atoms with van der Waals surface area (Å²) in [5.41, 5.74) is 1.06. The fourth-order valence-electron chi connectivity index (χ4n) is 2.13. The van der Waals surface area contributed by atoms with Crippen molar-refractivity contribution in [1.29, 1.82) is 21.0 Å². The van der Waals surface area contributed by atoms with Gasteiger partial charge in [0.25, 0.3) is 0 Å². The molecule has 26 heavy (non-hydrogen) atoms. The zero-order valence-corrected chi connectivity index (χ0v) is 13.6. The Morgan fingerprint density at radius 2 is 1.08 bits per heavy atom. The molecule has 5 heteroatoms. The van der Waals surface area contributed by atoms with Crippen molar-refractivity contribution in [2.45, 2.75) is 0 Å². The molecule has 0 atom stereocenters. The predicted molar refractivity (Wildman–Crippen MR) is 96.7 cm³/mol. The van der Waals surface area contributed by atoms with Gasteiger partial charge in [0, 0.05) is 22.0 Å². The minimum Gasteiger partial charge on any atom is -0.256 e. The Labute approximate surface area is 150 Å². The van der Waals surface area contributed by atoms with Crippen molar-refractivity contribution in [3.05, 3.63) is 77.3 Å². The van der Waals surface area contributed by atoms with Crippen molar-refractivity contribution in [3.63, 3.8) is 0 Å². The minimum atomic E-state index is 0.00187. The van der Waals surface area contributed by atoms with Gasteiger partial charge in [-0.25, -0.2) is 0 Å². The lowest BCUT2D eigenvalue weighted by molar-refractivity contribution is 1.41. The molecule has 5 nitrogen and oxygen atoms in total. The number of fused-ring (bicyclic) bond motifs is 1. The molecule has 0 unspecified atom stereocenters.